The van der Waals surface area contributed by atoms with Crippen LogP contribution in [0.3, 0.4) is 0 Å². The smallest absolute Gasteiger partial charge is 0.253 e. The number of para-hydroxylation sites is 1. The maximum absolute atomic E-state index is 12.2. The first kappa shape index (κ1) is 12.9. The van der Waals surface area contributed by atoms with Crippen molar-refractivity contribution in [3.05, 3.63) is 30.3 Å². The van der Waals surface area contributed by atoms with E-state index < -0.39 is 0 Å². The van der Waals surface area contributed by atoms with Crippen LogP contribution in [-0.4, -0.2) is 30.7 Å². The van der Waals surface area contributed by atoms with E-state index in [9.17, 15) is 4.79 Å². The molecule has 1 aliphatic heterocycles. The molecule has 1 aromatic carbocycles. The number of fused-ring (bicyclic) bond motifs is 1. The Morgan fingerprint density at radius 2 is 2.30 bits per heavy atom. The minimum Gasteiger partial charge on any atom is -0.481 e. The largest absolute Gasteiger partial charge is 0.481 e. The number of amides is 1. The van der Waals surface area contributed by atoms with Gasteiger partial charge in [0.05, 0.1) is 18.3 Å². The van der Waals surface area contributed by atoms with Crippen molar-refractivity contribution in [3.63, 3.8) is 0 Å². The summed E-state index contributed by atoms with van der Waals surface area (Å²) in [6, 6.07) is 9.36. The summed E-state index contributed by atoms with van der Waals surface area (Å²) < 4.78 is 10.6. The van der Waals surface area contributed by atoms with E-state index in [4.69, 9.17) is 9.47 Å². The lowest BCUT2D eigenvalue weighted by molar-refractivity contribution is -0.124. The molecule has 0 aliphatic carbocycles. The number of hydrogen-bond donors (Lipinski definition) is 1. The molecular weight excluding hydrogens is 256 g/mol. The van der Waals surface area contributed by atoms with Gasteiger partial charge in [0.2, 0.25) is 5.88 Å². The van der Waals surface area contributed by atoms with Crippen molar-refractivity contribution in [3.8, 4) is 5.88 Å². The Kier molecular flexibility index (Phi) is 3.52. The highest BCUT2D eigenvalue weighted by atomic mass is 16.5. The second-order valence-corrected chi connectivity index (χ2v) is 4.72. The average molecular weight is 272 g/mol. The summed E-state index contributed by atoms with van der Waals surface area (Å²) in [4.78, 5) is 16.5. The summed E-state index contributed by atoms with van der Waals surface area (Å²) in [6.07, 6.45) is 1.35. The zero-order valence-corrected chi connectivity index (χ0v) is 11.3. The van der Waals surface area contributed by atoms with E-state index in [1.807, 2.05) is 24.3 Å². The summed E-state index contributed by atoms with van der Waals surface area (Å²) >= 11 is 0. The van der Waals surface area contributed by atoms with Crippen molar-refractivity contribution in [1.82, 2.24) is 4.98 Å². The molecular formula is C15H16N2O3. The van der Waals surface area contributed by atoms with Gasteiger partial charge in [-0.2, -0.15) is 0 Å². The number of aromatic nitrogens is 1. The Hall–Kier alpha value is -2.14. The van der Waals surface area contributed by atoms with E-state index in [0.29, 0.717) is 18.2 Å². The molecule has 5 heteroatoms. The fraction of sp³-hybridized carbons (Fsp3) is 0.333. The van der Waals surface area contributed by atoms with Crippen molar-refractivity contribution < 1.29 is 14.3 Å². The van der Waals surface area contributed by atoms with Gasteiger partial charge in [0.1, 0.15) is 6.10 Å². The lowest BCUT2D eigenvalue weighted by Gasteiger charge is -2.13. The summed E-state index contributed by atoms with van der Waals surface area (Å²) in [5.41, 5.74) is 1.49. The molecule has 1 unspecified atom stereocenters. The van der Waals surface area contributed by atoms with Crippen LogP contribution in [0.2, 0.25) is 0 Å². The summed E-state index contributed by atoms with van der Waals surface area (Å²) in [7, 11) is 1.56. The number of hydrogen-bond acceptors (Lipinski definition) is 4. The molecule has 0 bridgehead atoms. The lowest BCUT2D eigenvalue weighted by atomic mass is 10.1. The van der Waals surface area contributed by atoms with Crippen LogP contribution in [0.25, 0.3) is 10.9 Å². The van der Waals surface area contributed by atoms with E-state index in [1.54, 1.807) is 13.2 Å². The van der Waals surface area contributed by atoms with Crippen LogP contribution in [-0.2, 0) is 9.53 Å². The molecule has 1 fully saturated rings. The zero-order valence-electron chi connectivity index (χ0n) is 11.3. The number of rotatable bonds is 3. The second kappa shape index (κ2) is 5.46. The summed E-state index contributed by atoms with van der Waals surface area (Å²) in [6.45, 7) is 0.651. The van der Waals surface area contributed by atoms with Gasteiger partial charge in [-0.25, -0.2) is 4.98 Å². The average Bonchev–Trinajstić information content (AvgIpc) is 3.01. The normalized spacial score (nSPS) is 18.1. The van der Waals surface area contributed by atoms with Gasteiger partial charge in [-0.15, -0.1) is 0 Å². The van der Waals surface area contributed by atoms with Crippen molar-refractivity contribution in [1.29, 1.82) is 0 Å². The Balaban J connectivity index is 1.94. The highest BCUT2D eigenvalue weighted by molar-refractivity contribution is 6.02. The minimum absolute atomic E-state index is 0.110. The molecule has 5 nitrogen and oxygen atoms in total. The molecule has 1 amide bonds. The molecule has 0 spiro atoms. The second-order valence-electron chi connectivity index (χ2n) is 4.72. The highest BCUT2D eigenvalue weighted by Crippen LogP contribution is 2.27. The molecule has 1 aromatic heterocycles. The molecule has 104 valence electrons. The van der Waals surface area contributed by atoms with Gasteiger partial charge < -0.3 is 14.8 Å². The van der Waals surface area contributed by atoms with Crippen molar-refractivity contribution >= 4 is 22.5 Å². The first-order valence-electron chi connectivity index (χ1n) is 6.64. The van der Waals surface area contributed by atoms with Gasteiger partial charge >= 0.3 is 0 Å². The number of benzene rings is 1. The van der Waals surface area contributed by atoms with Crippen molar-refractivity contribution in [2.24, 2.45) is 0 Å². The highest BCUT2D eigenvalue weighted by Gasteiger charge is 2.24. The standard InChI is InChI=1S/C15H16N2O3/c1-19-14-9-12(10-5-2-3-6-11(10)16-14)17-15(18)13-7-4-8-20-13/h2-3,5-6,9,13H,4,7-8H2,1H3,(H,16,17,18). The number of pyridine rings is 1. The number of ether oxygens (including phenoxy) is 2. The molecule has 1 aliphatic rings. The topological polar surface area (TPSA) is 60.5 Å². The van der Waals surface area contributed by atoms with Crippen molar-refractivity contribution in [2.75, 3.05) is 19.0 Å². The molecule has 1 atom stereocenters. The summed E-state index contributed by atoms with van der Waals surface area (Å²) in [5, 5.41) is 3.81. The third-order valence-corrected chi connectivity index (χ3v) is 3.38. The number of nitrogens with one attached hydrogen (secondary N) is 1. The SMILES string of the molecule is COc1cc(NC(=O)C2CCCO2)c2ccccc2n1. The number of anilines is 1. The monoisotopic (exact) mass is 272 g/mol. The van der Waals surface area contributed by atoms with Crippen LogP contribution in [0.1, 0.15) is 12.8 Å². The fourth-order valence-corrected chi connectivity index (χ4v) is 2.36. The number of carbonyl (C=O) groups is 1. The predicted molar refractivity (Wildman–Crippen MR) is 75.9 cm³/mol. The van der Waals surface area contributed by atoms with Gasteiger partial charge in [0.25, 0.3) is 5.91 Å². The van der Waals surface area contributed by atoms with Gasteiger partial charge in [-0.05, 0) is 18.9 Å². The van der Waals surface area contributed by atoms with E-state index in [1.165, 1.54) is 0 Å². The fourth-order valence-electron chi connectivity index (χ4n) is 2.36. The Bertz CT molecular complexity index is 636. The molecule has 3 rings (SSSR count). The van der Waals surface area contributed by atoms with Crippen LogP contribution in [0, 0.1) is 0 Å². The first-order chi connectivity index (χ1) is 9.78. The van der Waals surface area contributed by atoms with Gasteiger partial charge in [-0.3, -0.25) is 4.79 Å². The molecule has 20 heavy (non-hydrogen) atoms. The van der Waals surface area contributed by atoms with Crippen LogP contribution in [0.5, 0.6) is 5.88 Å². The molecule has 2 aromatic rings. The van der Waals surface area contributed by atoms with Crippen LogP contribution < -0.4 is 10.1 Å². The zero-order chi connectivity index (χ0) is 13.9. The number of carbonyl (C=O) groups excluding carboxylic acids is 1. The summed E-state index contributed by atoms with van der Waals surface area (Å²) in [5.74, 6) is 0.368. The van der Waals surface area contributed by atoms with E-state index >= 15 is 0 Å². The Morgan fingerprint density at radius 1 is 1.45 bits per heavy atom. The maximum Gasteiger partial charge on any atom is 0.253 e. The Morgan fingerprint density at radius 3 is 3.05 bits per heavy atom. The molecule has 1 N–H and O–H groups in total. The van der Waals surface area contributed by atoms with Crippen LogP contribution in [0.15, 0.2) is 30.3 Å². The Labute approximate surface area is 116 Å². The molecule has 2 heterocycles. The maximum atomic E-state index is 12.2. The predicted octanol–water partition coefficient (Wildman–Crippen LogP) is 2.36. The molecule has 0 saturated carbocycles. The third kappa shape index (κ3) is 2.44. The molecule has 0 radical (unpaired) electrons. The van der Waals surface area contributed by atoms with E-state index in [0.717, 1.165) is 23.7 Å². The van der Waals surface area contributed by atoms with E-state index in [2.05, 4.69) is 10.3 Å². The third-order valence-electron chi connectivity index (χ3n) is 3.38. The van der Waals surface area contributed by atoms with Crippen LogP contribution in [0.4, 0.5) is 5.69 Å². The van der Waals surface area contributed by atoms with Gasteiger partial charge in [0.15, 0.2) is 0 Å². The first-order valence-corrected chi connectivity index (χ1v) is 6.64. The van der Waals surface area contributed by atoms with E-state index in [-0.39, 0.29) is 12.0 Å². The van der Waals surface area contributed by atoms with Crippen molar-refractivity contribution in [2.45, 2.75) is 18.9 Å². The van der Waals surface area contributed by atoms with Gasteiger partial charge in [-0.1, -0.05) is 18.2 Å². The van der Waals surface area contributed by atoms with Crippen LogP contribution >= 0.6 is 0 Å². The molecule has 1 saturated heterocycles. The van der Waals surface area contributed by atoms with Gasteiger partial charge in [0, 0.05) is 18.1 Å². The minimum atomic E-state index is -0.354. The number of methoxy groups -OCH3 is 1. The number of nitrogens with zero attached hydrogens (tertiary/aromatic N) is 1. The lowest BCUT2D eigenvalue weighted by Crippen LogP contribution is -2.27. The quantitative estimate of drug-likeness (QED) is 0.931.